The molecule has 1 aromatic carbocycles. The first-order valence-corrected chi connectivity index (χ1v) is 11.7. The number of hydrogen-bond acceptors (Lipinski definition) is 6. The molecule has 0 radical (unpaired) electrons. The topological polar surface area (TPSA) is 58.4 Å². The molecule has 1 saturated heterocycles. The fraction of sp³-hybridized carbons (Fsp3) is 0.348. The standard InChI is InChI=1S/C23H21F3N6S/c1-12-7-19(33-30-12)31-10-13-4-5-14(11-31)21(13)27-23-28-22-16(3-2-6-32(22)29-23)15-8-17(24)20(26)18(25)9-15/h2-3,6-9,13-14,21H,4-5,10-11H2,1H3,(H,27,29)/t13-,14+,21-. The zero-order valence-corrected chi connectivity index (χ0v) is 18.6. The van der Waals surface area contributed by atoms with E-state index in [4.69, 9.17) is 0 Å². The Kier molecular flexibility index (Phi) is 4.79. The molecule has 3 aromatic heterocycles. The van der Waals surface area contributed by atoms with Crippen molar-refractivity contribution < 1.29 is 13.2 Å². The Balaban J connectivity index is 1.27. The number of fused-ring (bicyclic) bond motifs is 3. The fourth-order valence-electron chi connectivity index (χ4n) is 5.19. The van der Waals surface area contributed by atoms with E-state index < -0.39 is 17.5 Å². The number of anilines is 2. The number of nitrogens with zero attached hydrogens (tertiary/aromatic N) is 5. The Morgan fingerprint density at radius 1 is 1.06 bits per heavy atom. The van der Waals surface area contributed by atoms with Crippen LogP contribution in [0.15, 0.2) is 36.5 Å². The average Bonchev–Trinajstić information content (AvgIpc) is 3.47. The lowest BCUT2D eigenvalue weighted by molar-refractivity contribution is 0.377. The van der Waals surface area contributed by atoms with Crippen molar-refractivity contribution in [2.24, 2.45) is 11.8 Å². The number of benzene rings is 1. The molecule has 10 heteroatoms. The van der Waals surface area contributed by atoms with Crippen LogP contribution in [-0.2, 0) is 0 Å². The van der Waals surface area contributed by atoms with E-state index in [0.717, 1.165) is 43.8 Å². The minimum Gasteiger partial charge on any atom is -0.361 e. The van der Waals surface area contributed by atoms with Crippen molar-refractivity contribution in [3.63, 3.8) is 0 Å². The third-order valence-electron chi connectivity index (χ3n) is 6.71. The number of nitrogens with one attached hydrogen (secondary N) is 1. The Morgan fingerprint density at radius 2 is 1.79 bits per heavy atom. The van der Waals surface area contributed by atoms with Crippen molar-refractivity contribution in [2.75, 3.05) is 23.3 Å². The maximum absolute atomic E-state index is 13.8. The first-order valence-electron chi connectivity index (χ1n) is 10.9. The van der Waals surface area contributed by atoms with Crippen molar-refractivity contribution in [2.45, 2.75) is 25.8 Å². The van der Waals surface area contributed by atoms with E-state index in [0.29, 0.717) is 29.0 Å². The molecule has 4 aromatic rings. The lowest BCUT2D eigenvalue weighted by Gasteiger charge is -2.38. The van der Waals surface area contributed by atoms with Gasteiger partial charge >= 0.3 is 0 Å². The van der Waals surface area contributed by atoms with E-state index in [1.165, 1.54) is 5.00 Å². The largest absolute Gasteiger partial charge is 0.361 e. The number of halogens is 3. The fourth-order valence-corrected chi connectivity index (χ4v) is 5.97. The van der Waals surface area contributed by atoms with E-state index in [2.05, 4.69) is 30.7 Å². The highest BCUT2D eigenvalue weighted by Crippen LogP contribution is 2.41. The second-order valence-electron chi connectivity index (χ2n) is 8.86. The zero-order chi connectivity index (χ0) is 22.7. The van der Waals surface area contributed by atoms with Crippen LogP contribution in [0.25, 0.3) is 16.8 Å². The Morgan fingerprint density at radius 3 is 2.45 bits per heavy atom. The molecule has 1 saturated carbocycles. The highest BCUT2D eigenvalue weighted by atomic mass is 32.1. The number of aryl methyl sites for hydroxylation is 1. The highest BCUT2D eigenvalue weighted by molar-refractivity contribution is 7.10. The van der Waals surface area contributed by atoms with Gasteiger partial charge in [0.05, 0.1) is 5.69 Å². The minimum absolute atomic E-state index is 0.212. The molecule has 0 amide bonds. The SMILES string of the molecule is Cc1cc(N2C[C@H]3CC[C@@H](C2)[C@@H]3Nc2nc3c(-c4cc(F)c(F)c(F)c4)cccn3n2)sn1. The van der Waals surface area contributed by atoms with Gasteiger partial charge in [-0.2, -0.15) is 9.36 Å². The summed E-state index contributed by atoms with van der Waals surface area (Å²) in [4.78, 5) is 7.05. The molecule has 0 spiro atoms. The second-order valence-corrected chi connectivity index (χ2v) is 9.64. The first-order chi connectivity index (χ1) is 16.0. The smallest absolute Gasteiger partial charge is 0.243 e. The van der Waals surface area contributed by atoms with E-state index in [1.54, 1.807) is 34.4 Å². The lowest BCUT2D eigenvalue weighted by atomic mass is 9.92. The summed E-state index contributed by atoms with van der Waals surface area (Å²) < 4.78 is 47.0. The monoisotopic (exact) mass is 470 g/mol. The third-order valence-corrected chi connectivity index (χ3v) is 7.66. The van der Waals surface area contributed by atoms with Crippen LogP contribution >= 0.6 is 11.5 Å². The maximum atomic E-state index is 13.8. The van der Waals surface area contributed by atoms with Crippen LogP contribution in [0.4, 0.5) is 24.1 Å². The number of rotatable bonds is 4. The molecule has 2 aliphatic rings. The van der Waals surface area contributed by atoms with E-state index >= 15 is 0 Å². The van der Waals surface area contributed by atoms with Gasteiger partial charge in [-0.25, -0.2) is 17.7 Å². The van der Waals surface area contributed by atoms with Crippen LogP contribution in [0.5, 0.6) is 0 Å². The van der Waals surface area contributed by atoms with Gasteiger partial charge < -0.3 is 10.2 Å². The zero-order valence-electron chi connectivity index (χ0n) is 17.8. The highest BCUT2D eigenvalue weighted by Gasteiger charge is 2.43. The molecular weight excluding hydrogens is 449 g/mol. The molecular formula is C23H21F3N6S. The summed E-state index contributed by atoms with van der Waals surface area (Å²) in [5, 5.41) is 9.29. The van der Waals surface area contributed by atoms with Crippen LogP contribution < -0.4 is 10.2 Å². The first kappa shape index (κ1) is 20.5. The summed E-state index contributed by atoms with van der Waals surface area (Å²) in [6.07, 6.45) is 4.02. The van der Waals surface area contributed by atoms with E-state index in [9.17, 15) is 13.2 Å². The van der Waals surface area contributed by atoms with Crippen LogP contribution in [0.2, 0.25) is 0 Å². The molecule has 33 heavy (non-hydrogen) atoms. The van der Waals surface area contributed by atoms with Gasteiger partial charge in [-0.15, -0.1) is 5.10 Å². The predicted octanol–water partition coefficient (Wildman–Crippen LogP) is 4.91. The molecule has 2 fully saturated rings. The quantitative estimate of drug-likeness (QED) is 0.430. The number of pyridine rings is 1. The van der Waals surface area contributed by atoms with Crippen molar-refractivity contribution >= 4 is 28.1 Å². The molecule has 1 aliphatic carbocycles. The summed E-state index contributed by atoms with van der Waals surface area (Å²) in [5.41, 5.74) is 2.20. The van der Waals surface area contributed by atoms with E-state index in [-0.39, 0.29) is 11.6 Å². The number of hydrogen-bond donors (Lipinski definition) is 1. The Labute approximate surface area is 192 Å². The Hall–Kier alpha value is -3.14. The molecule has 6 rings (SSSR count). The molecule has 0 unspecified atom stereocenters. The van der Waals surface area contributed by atoms with Crippen molar-refractivity contribution in [1.82, 2.24) is 19.0 Å². The second kappa shape index (κ2) is 7.72. The molecule has 4 heterocycles. The predicted molar refractivity (Wildman–Crippen MR) is 121 cm³/mol. The normalized spacial score (nSPS) is 22.3. The van der Waals surface area contributed by atoms with Gasteiger partial charge in [-0.3, -0.25) is 0 Å². The summed E-state index contributed by atoms with van der Waals surface area (Å²) in [7, 11) is 0. The van der Waals surface area contributed by atoms with Gasteiger partial charge in [0, 0.05) is 30.9 Å². The molecule has 1 aliphatic heterocycles. The van der Waals surface area contributed by atoms with Crippen molar-refractivity contribution in [3.05, 3.63) is 59.7 Å². The van der Waals surface area contributed by atoms with Gasteiger partial charge in [0.1, 0.15) is 5.00 Å². The number of piperidine rings is 1. The average molecular weight is 471 g/mol. The molecule has 2 bridgehead atoms. The summed E-state index contributed by atoms with van der Waals surface area (Å²) in [5.74, 6) is -2.52. The van der Waals surface area contributed by atoms with Crippen LogP contribution in [-0.4, -0.2) is 38.1 Å². The van der Waals surface area contributed by atoms with Gasteiger partial charge in [-0.05, 0) is 79.0 Å². The maximum Gasteiger partial charge on any atom is 0.243 e. The third kappa shape index (κ3) is 3.52. The van der Waals surface area contributed by atoms with Crippen LogP contribution in [0, 0.1) is 36.2 Å². The minimum atomic E-state index is -1.48. The Bertz CT molecular complexity index is 1310. The van der Waals surface area contributed by atoms with Crippen molar-refractivity contribution in [3.8, 4) is 11.1 Å². The summed E-state index contributed by atoms with van der Waals surface area (Å²) in [6.45, 7) is 3.94. The van der Waals surface area contributed by atoms with Crippen LogP contribution in [0.3, 0.4) is 0 Å². The van der Waals surface area contributed by atoms with Crippen molar-refractivity contribution in [1.29, 1.82) is 0 Å². The van der Waals surface area contributed by atoms with Crippen LogP contribution in [0.1, 0.15) is 18.5 Å². The number of aromatic nitrogens is 4. The lowest BCUT2D eigenvalue weighted by Crippen LogP contribution is -2.48. The summed E-state index contributed by atoms with van der Waals surface area (Å²) in [6, 6.07) is 7.78. The van der Waals surface area contributed by atoms with Gasteiger partial charge in [0.15, 0.2) is 23.1 Å². The van der Waals surface area contributed by atoms with E-state index in [1.807, 2.05) is 6.92 Å². The van der Waals surface area contributed by atoms with Gasteiger partial charge in [-0.1, -0.05) is 0 Å². The van der Waals surface area contributed by atoms with Gasteiger partial charge in [0.2, 0.25) is 5.95 Å². The molecule has 3 atom stereocenters. The molecule has 170 valence electrons. The molecule has 6 nitrogen and oxygen atoms in total. The van der Waals surface area contributed by atoms with Gasteiger partial charge in [0.25, 0.3) is 0 Å². The summed E-state index contributed by atoms with van der Waals surface area (Å²) >= 11 is 1.55. The molecule has 1 N–H and O–H groups in total.